The molecule has 0 radical (unpaired) electrons. The number of nitriles is 1. The van der Waals surface area contributed by atoms with Gasteiger partial charge >= 0.3 is 6.18 Å². The van der Waals surface area contributed by atoms with Crippen molar-refractivity contribution in [3.63, 3.8) is 0 Å². The van der Waals surface area contributed by atoms with Gasteiger partial charge in [0.2, 0.25) is 0 Å². The van der Waals surface area contributed by atoms with Crippen molar-refractivity contribution in [2.24, 2.45) is 0 Å². The van der Waals surface area contributed by atoms with Gasteiger partial charge in [0.15, 0.2) is 0 Å². The van der Waals surface area contributed by atoms with E-state index in [1.807, 2.05) is 6.07 Å². The van der Waals surface area contributed by atoms with Crippen LogP contribution in [0.15, 0.2) is 42.5 Å². The minimum absolute atomic E-state index is 0.0202. The van der Waals surface area contributed by atoms with Crippen LogP contribution >= 0.6 is 0 Å². The lowest BCUT2D eigenvalue weighted by molar-refractivity contribution is -0.137. The molecule has 2 aromatic rings. The van der Waals surface area contributed by atoms with Crippen LogP contribution in [0.25, 0.3) is 11.1 Å². The van der Waals surface area contributed by atoms with Crippen molar-refractivity contribution in [3.05, 3.63) is 59.4 Å². The number of hydrogen-bond donors (Lipinski definition) is 0. The van der Waals surface area contributed by atoms with Gasteiger partial charge in [0.1, 0.15) is 5.82 Å². The molecule has 102 valence electrons. The maximum atomic E-state index is 13.0. The standard InChI is InChI=1S/C15H9F4N/c16-12-4-2-11(3-5-12)13-9-10(7-8-20)1-6-14(13)15(17,18)19/h1-6,9H,7H2. The zero-order valence-corrected chi connectivity index (χ0v) is 10.2. The molecule has 0 spiro atoms. The Hall–Kier alpha value is -2.35. The molecule has 0 aliphatic rings. The van der Waals surface area contributed by atoms with Gasteiger partial charge in [-0.2, -0.15) is 18.4 Å². The molecule has 0 fully saturated rings. The SMILES string of the molecule is N#CCc1ccc(C(F)(F)F)c(-c2ccc(F)cc2)c1. The molecule has 20 heavy (non-hydrogen) atoms. The summed E-state index contributed by atoms with van der Waals surface area (Å²) < 4.78 is 51.8. The van der Waals surface area contributed by atoms with Gasteiger partial charge in [-0.25, -0.2) is 4.39 Å². The third-order valence-electron chi connectivity index (χ3n) is 2.83. The Morgan fingerprint density at radius 2 is 1.65 bits per heavy atom. The smallest absolute Gasteiger partial charge is 0.207 e. The Labute approximate surface area is 113 Å². The molecular weight excluding hydrogens is 270 g/mol. The maximum absolute atomic E-state index is 13.0. The summed E-state index contributed by atoms with van der Waals surface area (Å²) in [4.78, 5) is 0. The lowest BCUT2D eigenvalue weighted by Gasteiger charge is -2.14. The van der Waals surface area contributed by atoms with Crippen LogP contribution in [0, 0.1) is 17.1 Å². The zero-order chi connectivity index (χ0) is 14.8. The van der Waals surface area contributed by atoms with Crippen LogP contribution in [0.3, 0.4) is 0 Å². The van der Waals surface area contributed by atoms with E-state index in [1.165, 1.54) is 24.3 Å². The number of benzene rings is 2. The molecule has 0 saturated carbocycles. The van der Waals surface area contributed by atoms with Gasteiger partial charge < -0.3 is 0 Å². The van der Waals surface area contributed by atoms with Crippen LogP contribution < -0.4 is 0 Å². The molecule has 0 aliphatic carbocycles. The zero-order valence-electron chi connectivity index (χ0n) is 10.2. The monoisotopic (exact) mass is 279 g/mol. The van der Waals surface area contributed by atoms with E-state index in [0.29, 0.717) is 5.56 Å². The fraction of sp³-hybridized carbons (Fsp3) is 0.133. The van der Waals surface area contributed by atoms with Gasteiger partial charge in [-0.05, 0) is 41.0 Å². The lowest BCUT2D eigenvalue weighted by atomic mass is 9.96. The van der Waals surface area contributed by atoms with Gasteiger partial charge in [0, 0.05) is 0 Å². The normalized spacial score (nSPS) is 11.2. The second-order valence-electron chi connectivity index (χ2n) is 4.22. The Bertz CT molecular complexity index is 651. The van der Waals surface area contributed by atoms with Crippen LogP contribution in [-0.2, 0) is 12.6 Å². The summed E-state index contributed by atoms with van der Waals surface area (Å²) in [6.07, 6.45) is -4.48. The minimum Gasteiger partial charge on any atom is -0.207 e. The Balaban J connectivity index is 2.60. The number of alkyl halides is 3. The number of rotatable bonds is 2. The van der Waals surface area contributed by atoms with Gasteiger partial charge in [0.25, 0.3) is 0 Å². The summed E-state index contributed by atoms with van der Waals surface area (Å²) in [5.41, 5.74) is -0.102. The first-order valence-electron chi connectivity index (χ1n) is 5.75. The molecule has 2 rings (SSSR count). The average molecular weight is 279 g/mol. The molecule has 0 aliphatic heterocycles. The first-order chi connectivity index (χ1) is 9.41. The maximum Gasteiger partial charge on any atom is 0.417 e. The van der Waals surface area contributed by atoms with Crippen LogP contribution in [0.5, 0.6) is 0 Å². The first-order valence-corrected chi connectivity index (χ1v) is 5.75. The molecule has 2 aromatic carbocycles. The van der Waals surface area contributed by atoms with Crippen LogP contribution in [0.2, 0.25) is 0 Å². The van der Waals surface area contributed by atoms with Crippen molar-refractivity contribution in [1.82, 2.24) is 0 Å². The van der Waals surface area contributed by atoms with Crippen LogP contribution in [0.4, 0.5) is 17.6 Å². The molecular formula is C15H9F4N. The summed E-state index contributed by atoms with van der Waals surface area (Å²) >= 11 is 0. The van der Waals surface area contributed by atoms with E-state index in [1.54, 1.807) is 0 Å². The largest absolute Gasteiger partial charge is 0.417 e. The summed E-state index contributed by atoms with van der Waals surface area (Å²) in [5.74, 6) is -0.518. The first kappa shape index (κ1) is 14.1. The highest BCUT2D eigenvalue weighted by Gasteiger charge is 2.33. The van der Waals surface area contributed by atoms with Crippen LogP contribution in [0.1, 0.15) is 11.1 Å². The highest BCUT2D eigenvalue weighted by molar-refractivity contribution is 5.69. The van der Waals surface area contributed by atoms with E-state index in [-0.39, 0.29) is 17.5 Å². The highest BCUT2D eigenvalue weighted by Crippen LogP contribution is 2.37. The minimum atomic E-state index is -4.51. The molecule has 0 atom stereocenters. The fourth-order valence-corrected chi connectivity index (χ4v) is 1.91. The van der Waals surface area contributed by atoms with Gasteiger partial charge in [0.05, 0.1) is 18.1 Å². The lowest BCUT2D eigenvalue weighted by Crippen LogP contribution is -2.07. The van der Waals surface area contributed by atoms with Crippen molar-refractivity contribution in [1.29, 1.82) is 5.26 Å². The summed E-state index contributed by atoms with van der Waals surface area (Å²) in [6, 6.07) is 10.2. The molecule has 5 heteroatoms. The average Bonchev–Trinajstić information content (AvgIpc) is 2.38. The summed E-state index contributed by atoms with van der Waals surface area (Å²) in [6.45, 7) is 0. The van der Waals surface area contributed by atoms with Gasteiger partial charge in [-0.3, -0.25) is 0 Å². The van der Waals surface area contributed by atoms with E-state index >= 15 is 0 Å². The molecule has 1 nitrogen and oxygen atoms in total. The van der Waals surface area contributed by atoms with Crippen molar-refractivity contribution in [2.75, 3.05) is 0 Å². The second kappa shape index (κ2) is 5.33. The van der Waals surface area contributed by atoms with Gasteiger partial charge in [-0.1, -0.05) is 18.2 Å². The number of hydrogen-bond acceptors (Lipinski definition) is 1. The molecule has 0 unspecified atom stereocenters. The van der Waals surface area contributed by atoms with Crippen molar-refractivity contribution < 1.29 is 17.6 Å². The molecule has 0 saturated heterocycles. The molecule has 0 amide bonds. The third kappa shape index (κ3) is 2.97. The van der Waals surface area contributed by atoms with Crippen molar-refractivity contribution in [3.8, 4) is 17.2 Å². The number of nitrogens with zero attached hydrogens (tertiary/aromatic N) is 1. The van der Waals surface area contributed by atoms with Gasteiger partial charge in [-0.15, -0.1) is 0 Å². The molecule has 0 N–H and O–H groups in total. The Morgan fingerprint density at radius 3 is 2.20 bits per heavy atom. The van der Waals surface area contributed by atoms with E-state index in [4.69, 9.17) is 5.26 Å². The van der Waals surface area contributed by atoms with Crippen LogP contribution in [-0.4, -0.2) is 0 Å². The number of halogens is 4. The Kier molecular flexibility index (Phi) is 3.75. The van der Waals surface area contributed by atoms with E-state index < -0.39 is 17.6 Å². The topological polar surface area (TPSA) is 23.8 Å². The second-order valence-corrected chi connectivity index (χ2v) is 4.22. The highest BCUT2D eigenvalue weighted by atomic mass is 19.4. The third-order valence-corrected chi connectivity index (χ3v) is 2.83. The van der Waals surface area contributed by atoms with Crippen molar-refractivity contribution >= 4 is 0 Å². The molecule has 0 aromatic heterocycles. The fourth-order valence-electron chi connectivity index (χ4n) is 1.91. The predicted molar refractivity (Wildman–Crippen MR) is 66.2 cm³/mol. The summed E-state index contributed by atoms with van der Waals surface area (Å²) in [7, 11) is 0. The van der Waals surface area contributed by atoms with Crippen molar-refractivity contribution in [2.45, 2.75) is 12.6 Å². The summed E-state index contributed by atoms with van der Waals surface area (Å²) in [5, 5.41) is 8.62. The quantitative estimate of drug-likeness (QED) is 0.738. The molecule has 0 heterocycles. The molecule has 0 bridgehead atoms. The van der Waals surface area contributed by atoms with E-state index in [0.717, 1.165) is 18.2 Å². The Morgan fingerprint density at radius 1 is 1.00 bits per heavy atom. The predicted octanol–water partition coefficient (Wildman–Crippen LogP) is 4.58. The van der Waals surface area contributed by atoms with E-state index in [9.17, 15) is 17.6 Å². The van der Waals surface area contributed by atoms with E-state index in [2.05, 4.69) is 0 Å².